The van der Waals surface area contributed by atoms with Gasteiger partial charge < -0.3 is 14.9 Å². The summed E-state index contributed by atoms with van der Waals surface area (Å²) >= 11 is 4.98. The van der Waals surface area contributed by atoms with Crippen molar-refractivity contribution < 1.29 is 14.7 Å². The minimum atomic E-state index is -0.904. The fourth-order valence-corrected chi connectivity index (χ4v) is 2.10. The first-order valence-corrected chi connectivity index (χ1v) is 6.66. The zero-order valence-corrected chi connectivity index (χ0v) is 11.5. The zero-order valence-electron chi connectivity index (χ0n) is 10.7. The number of amides is 2. The van der Waals surface area contributed by atoms with Crippen molar-refractivity contribution in [1.82, 2.24) is 9.80 Å². The van der Waals surface area contributed by atoms with Crippen LogP contribution in [0.1, 0.15) is 32.6 Å². The standard InChI is InChI=1S/C12H20N2O3S/c1-10(18)4-2-3-5-11(15)13-6-8-14(9-7-13)12(16)17/h2-9H2,1H3,(H,16,17). The van der Waals surface area contributed by atoms with E-state index in [9.17, 15) is 9.59 Å². The lowest BCUT2D eigenvalue weighted by molar-refractivity contribution is -0.132. The van der Waals surface area contributed by atoms with Gasteiger partial charge in [0.1, 0.15) is 0 Å². The lowest BCUT2D eigenvalue weighted by Gasteiger charge is -2.33. The Morgan fingerprint density at radius 1 is 1.06 bits per heavy atom. The second-order valence-corrected chi connectivity index (χ2v) is 5.26. The molecule has 2 amide bonds. The first kappa shape index (κ1) is 14.9. The number of thiocarbonyl (C=S) groups is 1. The lowest BCUT2D eigenvalue weighted by atomic mass is 10.1. The molecule has 1 saturated heterocycles. The average molecular weight is 272 g/mol. The summed E-state index contributed by atoms with van der Waals surface area (Å²) in [6.45, 7) is 3.77. The van der Waals surface area contributed by atoms with E-state index in [4.69, 9.17) is 17.3 Å². The SMILES string of the molecule is CC(=S)CCCCC(=O)N1CCN(C(=O)O)CC1. The van der Waals surface area contributed by atoms with Gasteiger partial charge in [-0.25, -0.2) is 4.79 Å². The summed E-state index contributed by atoms with van der Waals surface area (Å²) in [7, 11) is 0. The van der Waals surface area contributed by atoms with Crippen molar-refractivity contribution in [3.63, 3.8) is 0 Å². The van der Waals surface area contributed by atoms with Crippen molar-refractivity contribution in [3.8, 4) is 0 Å². The van der Waals surface area contributed by atoms with E-state index >= 15 is 0 Å². The number of hydrogen-bond donors (Lipinski definition) is 1. The molecule has 0 radical (unpaired) electrons. The topological polar surface area (TPSA) is 60.9 Å². The van der Waals surface area contributed by atoms with E-state index in [0.29, 0.717) is 32.6 Å². The van der Waals surface area contributed by atoms with E-state index in [1.54, 1.807) is 4.90 Å². The fourth-order valence-electron chi connectivity index (χ4n) is 1.96. The van der Waals surface area contributed by atoms with Crippen molar-refractivity contribution in [2.45, 2.75) is 32.6 Å². The van der Waals surface area contributed by atoms with Crippen molar-refractivity contribution >= 4 is 29.1 Å². The van der Waals surface area contributed by atoms with E-state index < -0.39 is 6.09 Å². The molecular weight excluding hydrogens is 252 g/mol. The van der Waals surface area contributed by atoms with Crippen LogP contribution in [0.2, 0.25) is 0 Å². The van der Waals surface area contributed by atoms with E-state index in [2.05, 4.69) is 0 Å². The molecular formula is C12H20N2O3S. The van der Waals surface area contributed by atoms with Crippen molar-refractivity contribution in [1.29, 1.82) is 0 Å². The maximum absolute atomic E-state index is 11.8. The first-order valence-electron chi connectivity index (χ1n) is 6.26. The molecule has 0 saturated carbocycles. The maximum atomic E-state index is 11.8. The predicted octanol–water partition coefficient (Wildman–Crippen LogP) is 1.76. The summed E-state index contributed by atoms with van der Waals surface area (Å²) in [5.41, 5.74) is 0. The van der Waals surface area contributed by atoms with E-state index in [1.165, 1.54) is 4.90 Å². The molecule has 0 atom stereocenters. The third kappa shape index (κ3) is 5.00. The molecule has 1 fully saturated rings. The molecule has 18 heavy (non-hydrogen) atoms. The van der Waals surface area contributed by atoms with E-state index in [0.717, 1.165) is 24.1 Å². The molecule has 1 aliphatic heterocycles. The fraction of sp³-hybridized carbons (Fsp3) is 0.750. The highest BCUT2D eigenvalue weighted by atomic mass is 32.1. The van der Waals surface area contributed by atoms with Crippen molar-refractivity contribution in [3.05, 3.63) is 0 Å². The van der Waals surface area contributed by atoms with Crippen LogP contribution in [0.25, 0.3) is 0 Å². The van der Waals surface area contributed by atoms with Crippen LogP contribution in [0.5, 0.6) is 0 Å². The summed E-state index contributed by atoms with van der Waals surface area (Å²) in [5, 5.41) is 8.80. The summed E-state index contributed by atoms with van der Waals surface area (Å²) in [6, 6.07) is 0. The Bertz CT molecular complexity index is 325. The number of unbranched alkanes of at least 4 members (excludes halogenated alkanes) is 1. The average Bonchev–Trinajstić information content (AvgIpc) is 2.34. The largest absolute Gasteiger partial charge is 0.465 e. The van der Waals surface area contributed by atoms with E-state index in [1.807, 2.05) is 6.92 Å². The first-order chi connectivity index (χ1) is 8.50. The van der Waals surface area contributed by atoms with Gasteiger partial charge in [0.25, 0.3) is 0 Å². The summed E-state index contributed by atoms with van der Waals surface area (Å²) in [4.78, 5) is 26.6. The monoisotopic (exact) mass is 272 g/mol. The molecule has 0 spiro atoms. The Morgan fingerprint density at radius 3 is 2.06 bits per heavy atom. The molecule has 0 bridgehead atoms. The van der Waals surface area contributed by atoms with Gasteiger partial charge in [0, 0.05) is 32.6 Å². The third-order valence-corrected chi connectivity index (χ3v) is 3.28. The van der Waals surface area contributed by atoms with Gasteiger partial charge in [0.05, 0.1) is 0 Å². The van der Waals surface area contributed by atoms with Gasteiger partial charge in [0.2, 0.25) is 5.91 Å². The van der Waals surface area contributed by atoms with Crippen LogP contribution >= 0.6 is 12.2 Å². The molecule has 6 heteroatoms. The van der Waals surface area contributed by atoms with Crippen LogP contribution in [-0.2, 0) is 4.79 Å². The van der Waals surface area contributed by atoms with Crippen LogP contribution in [0.15, 0.2) is 0 Å². The molecule has 0 aromatic rings. The lowest BCUT2D eigenvalue weighted by Crippen LogP contribution is -2.50. The Kier molecular flexibility index (Phi) is 6.04. The van der Waals surface area contributed by atoms with Gasteiger partial charge in [-0.3, -0.25) is 4.79 Å². The summed E-state index contributed by atoms with van der Waals surface area (Å²) < 4.78 is 0. The Hall–Kier alpha value is -1.17. The number of piperazine rings is 1. The quantitative estimate of drug-likeness (QED) is 0.612. The number of hydrogen-bond acceptors (Lipinski definition) is 3. The highest BCUT2D eigenvalue weighted by molar-refractivity contribution is 7.80. The van der Waals surface area contributed by atoms with Gasteiger partial charge in [-0.1, -0.05) is 12.2 Å². The minimum Gasteiger partial charge on any atom is -0.465 e. The van der Waals surface area contributed by atoms with Crippen LogP contribution < -0.4 is 0 Å². The van der Waals surface area contributed by atoms with E-state index in [-0.39, 0.29) is 5.91 Å². The van der Waals surface area contributed by atoms with Crippen LogP contribution in [0.4, 0.5) is 4.79 Å². The second kappa shape index (κ2) is 7.31. The molecule has 1 rings (SSSR count). The number of carboxylic acid groups (broad SMARTS) is 1. The van der Waals surface area contributed by atoms with Crippen molar-refractivity contribution in [2.24, 2.45) is 0 Å². The molecule has 0 aromatic carbocycles. The molecule has 0 unspecified atom stereocenters. The molecule has 0 aliphatic carbocycles. The Morgan fingerprint density at radius 2 is 1.56 bits per heavy atom. The maximum Gasteiger partial charge on any atom is 0.407 e. The number of rotatable bonds is 5. The molecule has 0 aromatic heterocycles. The zero-order chi connectivity index (χ0) is 13.5. The molecule has 1 heterocycles. The number of carbonyl (C=O) groups is 2. The Labute approximate surface area is 113 Å². The van der Waals surface area contributed by atoms with Crippen LogP contribution in [-0.4, -0.2) is 58.0 Å². The van der Waals surface area contributed by atoms with Gasteiger partial charge in [-0.2, -0.15) is 0 Å². The highest BCUT2D eigenvalue weighted by Crippen LogP contribution is 2.08. The minimum absolute atomic E-state index is 0.127. The highest BCUT2D eigenvalue weighted by Gasteiger charge is 2.22. The molecule has 5 nitrogen and oxygen atoms in total. The number of carbonyl (C=O) groups excluding carboxylic acids is 1. The van der Waals surface area contributed by atoms with Gasteiger partial charge in [0.15, 0.2) is 0 Å². The van der Waals surface area contributed by atoms with Gasteiger partial charge in [-0.15, -0.1) is 0 Å². The summed E-state index contributed by atoms with van der Waals surface area (Å²) in [5.74, 6) is 0.127. The Balaban J connectivity index is 2.20. The van der Waals surface area contributed by atoms with Gasteiger partial charge >= 0.3 is 6.09 Å². The van der Waals surface area contributed by atoms with Gasteiger partial charge in [-0.05, 0) is 31.1 Å². The smallest absolute Gasteiger partial charge is 0.407 e. The van der Waals surface area contributed by atoms with Crippen LogP contribution in [0.3, 0.4) is 0 Å². The summed E-state index contributed by atoms with van der Waals surface area (Å²) in [6.07, 6.45) is 2.34. The normalized spacial score (nSPS) is 15.6. The molecule has 1 N–H and O–H groups in total. The molecule has 102 valence electrons. The third-order valence-electron chi connectivity index (χ3n) is 3.07. The van der Waals surface area contributed by atoms with Crippen molar-refractivity contribution in [2.75, 3.05) is 26.2 Å². The number of nitrogens with zero attached hydrogens (tertiary/aromatic N) is 2. The van der Waals surface area contributed by atoms with Crippen LogP contribution in [0, 0.1) is 0 Å². The predicted molar refractivity (Wildman–Crippen MR) is 72.9 cm³/mol. The molecule has 1 aliphatic rings. The second-order valence-electron chi connectivity index (χ2n) is 4.56.